The van der Waals surface area contributed by atoms with Gasteiger partial charge in [-0.25, -0.2) is 4.89 Å². The first-order valence-electron chi connectivity index (χ1n) is 3.56. The highest BCUT2D eigenvalue weighted by Crippen LogP contribution is 2.17. The molecule has 0 fully saturated rings. The molecule has 3 nitrogen and oxygen atoms in total. The van der Waals surface area contributed by atoms with E-state index in [1.807, 2.05) is 26.0 Å². The van der Waals surface area contributed by atoms with Crippen LogP contribution in [0.4, 0.5) is 0 Å². The van der Waals surface area contributed by atoms with Crippen LogP contribution in [0.3, 0.4) is 0 Å². The summed E-state index contributed by atoms with van der Waals surface area (Å²) in [6.07, 6.45) is 0. The maximum absolute atomic E-state index is 9.10. The van der Waals surface area contributed by atoms with Crippen LogP contribution in [0.5, 0.6) is 5.75 Å². The van der Waals surface area contributed by atoms with Crippen LogP contribution >= 0.6 is 0 Å². The summed E-state index contributed by atoms with van der Waals surface area (Å²) in [5, 5.41) is 16.2. The van der Waals surface area contributed by atoms with Crippen molar-refractivity contribution in [2.75, 3.05) is 7.11 Å². The van der Waals surface area contributed by atoms with E-state index in [4.69, 9.17) is 10.4 Å². The molecule has 1 rings (SSSR count). The lowest BCUT2D eigenvalue weighted by Crippen LogP contribution is -1.78. The molecule has 1 aromatic carbocycles. The van der Waals surface area contributed by atoms with E-state index in [0.29, 0.717) is 5.75 Å². The lowest BCUT2D eigenvalue weighted by molar-refractivity contribution is -0.214. The Morgan fingerprint density at radius 2 is 1.75 bits per heavy atom. The van der Waals surface area contributed by atoms with E-state index >= 15 is 0 Å². The van der Waals surface area contributed by atoms with Crippen molar-refractivity contribution in [3.05, 3.63) is 29.3 Å². The van der Waals surface area contributed by atoms with E-state index in [1.165, 1.54) is 7.11 Å². The zero-order valence-electron chi connectivity index (χ0n) is 7.53. The first-order chi connectivity index (χ1) is 5.63. The normalized spacial score (nSPS) is 8.67. The Kier molecular flexibility index (Phi) is 5.08. The Morgan fingerprint density at radius 1 is 1.25 bits per heavy atom. The maximum Gasteiger partial charge on any atom is 0.118 e. The molecule has 2 N–H and O–H groups in total. The summed E-state index contributed by atoms with van der Waals surface area (Å²) in [5.74, 6) is 0.384. The van der Waals surface area contributed by atoms with Gasteiger partial charge in [-0.05, 0) is 31.0 Å². The second kappa shape index (κ2) is 5.57. The zero-order valence-corrected chi connectivity index (χ0v) is 7.53. The summed E-state index contributed by atoms with van der Waals surface area (Å²) < 4.78 is 0. The van der Waals surface area contributed by atoms with E-state index in [2.05, 4.69) is 4.89 Å². The number of phenols is 1. The first-order valence-corrected chi connectivity index (χ1v) is 3.56. The number of aryl methyl sites for hydroxylation is 1. The molecule has 0 saturated heterocycles. The molecule has 0 heterocycles. The van der Waals surface area contributed by atoms with Crippen LogP contribution < -0.4 is 0 Å². The third kappa shape index (κ3) is 3.37. The van der Waals surface area contributed by atoms with Crippen LogP contribution in [-0.4, -0.2) is 17.5 Å². The van der Waals surface area contributed by atoms with E-state index in [1.54, 1.807) is 6.07 Å². The molecule has 0 unspecified atom stereocenters. The van der Waals surface area contributed by atoms with Crippen molar-refractivity contribution in [1.29, 1.82) is 0 Å². The van der Waals surface area contributed by atoms with Gasteiger partial charge in [0.2, 0.25) is 0 Å². The van der Waals surface area contributed by atoms with Crippen LogP contribution in [0.1, 0.15) is 11.1 Å². The fourth-order valence-corrected chi connectivity index (χ4v) is 0.736. The fraction of sp³-hybridized carbons (Fsp3) is 0.333. The Labute approximate surface area is 72.2 Å². The monoisotopic (exact) mass is 170 g/mol. The van der Waals surface area contributed by atoms with Gasteiger partial charge < -0.3 is 5.11 Å². The van der Waals surface area contributed by atoms with Gasteiger partial charge >= 0.3 is 0 Å². The van der Waals surface area contributed by atoms with Gasteiger partial charge in [0.15, 0.2) is 0 Å². The number of hydrogen-bond donors (Lipinski definition) is 2. The molecule has 0 aliphatic carbocycles. The minimum Gasteiger partial charge on any atom is -0.508 e. The minimum absolute atomic E-state index is 0.384. The second-order valence-corrected chi connectivity index (χ2v) is 2.40. The molecule has 0 aromatic heterocycles. The summed E-state index contributed by atoms with van der Waals surface area (Å²) >= 11 is 0. The van der Waals surface area contributed by atoms with Crippen molar-refractivity contribution in [2.45, 2.75) is 13.8 Å². The SMILES string of the molecule is COO.Cc1cccc(O)c1C. The topological polar surface area (TPSA) is 49.7 Å². The predicted octanol–water partition coefficient (Wildman–Crippen LogP) is 2.11. The van der Waals surface area contributed by atoms with Gasteiger partial charge in [0.1, 0.15) is 5.75 Å². The standard InChI is InChI=1S/C8H10O.CH4O2/c1-6-4-3-5-8(9)7(6)2;1-3-2/h3-5,9H,1-2H3;2H,1H3. The molecule has 1 aromatic rings. The van der Waals surface area contributed by atoms with E-state index in [9.17, 15) is 0 Å². The average molecular weight is 170 g/mol. The smallest absolute Gasteiger partial charge is 0.118 e. The van der Waals surface area contributed by atoms with Crippen molar-refractivity contribution < 1.29 is 15.3 Å². The molecule has 0 radical (unpaired) electrons. The van der Waals surface area contributed by atoms with Crippen molar-refractivity contribution in [2.24, 2.45) is 0 Å². The summed E-state index contributed by atoms with van der Waals surface area (Å²) in [6, 6.07) is 5.52. The third-order valence-electron chi connectivity index (χ3n) is 1.58. The quantitative estimate of drug-likeness (QED) is 0.463. The molecule has 0 atom stereocenters. The van der Waals surface area contributed by atoms with Gasteiger partial charge in [0.05, 0.1) is 7.11 Å². The molecule has 0 spiro atoms. The van der Waals surface area contributed by atoms with E-state index < -0.39 is 0 Å². The summed E-state index contributed by atoms with van der Waals surface area (Å²) in [7, 11) is 1.18. The van der Waals surface area contributed by atoms with Gasteiger partial charge in [-0.3, -0.25) is 5.26 Å². The van der Waals surface area contributed by atoms with Gasteiger partial charge in [-0.15, -0.1) is 0 Å². The number of benzene rings is 1. The molecule has 0 aliphatic heterocycles. The Balaban J connectivity index is 0.000000354. The number of rotatable bonds is 0. The maximum atomic E-state index is 9.10. The average Bonchev–Trinajstić information content (AvgIpc) is 2.02. The Hall–Kier alpha value is -1.06. The Morgan fingerprint density at radius 3 is 2.08 bits per heavy atom. The molecule has 0 saturated carbocycles. The molecule has 0 amide bonds. The van der Waals surface area contributed by atoms with Crippen LogP contribution in [0, 0.1) is 13.8 Å². The molecule has 68 valence electrons. The summed E-state index contributed by atoms with van der Waals surface area (Å²) in [4.78, 5) is 3.25. The van der Waals surface area contributed by atoms with Crippen molar-refractivity contribution in [3.8, 4) is 5.75 Å². The number of aromatic hydroxyl groups is 1. The highest BCUT2D eigenvalue weighted by Gasteiger charge is 1.94. The van der Waals surface area contributed by atoms with Gasteiger partial charge in [0.25, 0.3) is 0 Å². The van der Waals surface area contributed by atoms with Crippen molar-refractivity contribution >= 4 is 0 Å². The largest absolute Gasteiger partial charge is 0.508 e. The lowest BCUT2D eigenvalue weighted by Gasteiger charge is -1.99. The molecule has 0 bridgehead atoms. The first kappa shape index (κ1) is 10.9. The fourth-order valence-electron chi connectivity index (χ4n) is 0.736. The molecule has 0 aliphatic rings. The number of phenolic OH excluding ortho intramolecular Hbond substituents is 1. The highest BCUT2D eigenvalue weighted by atomic mass is 17.1. The Bertz CT molecular complexity index is 213. The van der Waals surface area contributed by atoms with Crippen LogP contribution in [0.2, 0.25) is 0 Å². The summed E-state index contributed by atoms with van der Waals surface area (Å²) in [6.45, 7) is 3.89. The van der Waals surface area contributed by atoms with Crippen molar-refractivity contribution in [3.63, 3.8) is 0 Å². The van der Waals surface area contributed by atoms with Crippen LogP contribution in [0.15, 0.2) is 18.2 Å². The van der Waals surface area contributed by atoms with Gasteiger partial charge in [0, 0.05) is 0 Å². The van der Waals surface area contributed by atoms with Crippen molar-refractivity contribution in [1.82, 2.24) is 0 Å². The predicted molar refractivity (Wildman–Crippen MR) is 47.2 cm³/mol. The van der Waals surface area contributed by atoms with E-state index in [0.717, 1.165) is 11.1 Å². The molecule has 12 heavy (non-hydrogen) atoms. The van der Waals surface area contributed by atoms with Gasteiger partial charge in [-0.1, -0.05) is 12.1 Å². The van der Waals surface area contributed by atoms with Crippen LogP contribution in [0.25, 0.3) is 0 Å². The zero-order chi connectivity index (χ0) is 9.56. The molecular weight excluding hydrogens is 156 g/mol. The lowest BCUT2D eigenvalue weighted by atomic mass is 10.1. The minimum atomic E-state index is 0.384. The third-order valence-corrected chi connectivity index (χ3v) is 1.58. The second-order valence-electron chi connectivity index (χ2n) is 2.40. The van der Waals surface area contributed by atoms with Crippen LogP contribution in [-0.2, 0) is 4.89 Å². The molecule has 3 heteroatoms. The van der Waals surface area contributed by atoms with E-state index in [-0.39, 0.29) is 0 Å². The highest BCUT2D eigenvalue weighted by molar-refractivity contribution is 5.36. The number of hydrogen-bond acceptors (Lipinski definition) is 3. The summed E-state index contributed by atoms with van der Waals surface area (Å²) in [5.41, 5.74) is 2.10. The molecular formula is C9H14O3. The van der Waals surface area contributed by atoms with Gasteiger partial charge in [-0.2, -0.15) is 0 Å².